The summed E-state index contributed by atoms with van der Waals surface area (Å²) in [5.74, 6) is 0.468. The van der Waals surface area contributed by atoms with E-state index in [1.165, 1.54) is 13.2 Å². The summed E-state index contributed by atoms with van der Waals surface area (Å²) < 4.78 is 23.4. The monoisotopic (exact) mass is 213 g/mol. The average molecular weight is 213 g/mol. The molecule has 0 radical (unpaired) electrons. The molecule has 1 rings (SSSR count). The van der Waals surface area contributed by atoms with Gasteiger partial charge in [0.1, 0.15) is 5.75 Å². The Kier molecular flexibility index (Phi) is 4.37. The van der Waals surface area contributed by atoms with Gasteiger partial charge >= 0.3 is 0 Å². The minimum Gasteiger partial charge on any atom is -0.496 e. The Balaban J connectivity index is 2.98. The molecule has 4 heteroatoms. The van der Waals surface area contributed by atoms with Crippen molar-refractivity contribution in [1.29, 1.82) is 0 Å². The lowest BCUT2D eigenvalue weighted by atomic mass is 10.1. The van der Waals surface area contributed by atoms with E-state index >= 15 is 0 Å². The fourth-order valence-corrected chi connectivity index (χ4v) is 1.41. The van der Waals surface area contributed by atoms with Gasteiger partial charge in [0.15, 0.2) is 11.6 Å². The number of nitrogens with two attached hydrogens (primary N) is 1. The topological polar surface area (TPSA) is 44.5 Å². The van der Waals surface area contributed by atoms with E-state index < -0.39 is 0 Å². The molecule has 15 heavy (non-hydrogen) atoms. The molecule has 3 nitrogen and oxygen atoms in total. The van der Waals surface area contributed by atoms with Crippen LogP contribution in [-0.2, 0) is 6.42 Å². The third kappa shape index (κ3) is 2.83. The van der Waals surface area contributed by atoms with Crippen LogP contribution in [0.5, 0.6) is 11.5 Å². The van der Waals surface area contributed by atoms with Gasteiger partial charge in [-0.05, 0) is 31.0 Å². The molecule has 0 saturated heterocycles. The van der Waals surface area contributed by atoms with E-state index in [4.69, 9.17) is 15.2 Å². The molecular weight excluding hydrogens is 197 g/mol. The molecule has 0 fully saturated rings. The summed E-state index contributed by atoms with van der Waals surface area (Å²) in [5, 5.41) is 0. The number of rotatable bonds is 5. The van der Waals surface area contributed by atoms with Crippen molar-refractivity contribution in [2.75, 3.05) is 20.8 Å². The maximum atomic E-state index is 13.4. The van der Waals surface area contributed by atoms with E-state index in [1.54, 1.807) is 13.2 Å². The lowest BCUT2D eigenvalue weighted by Gasteiger charge is -2.10. The SMILES string of the molecule is COc1cc(OC)c(CCCN)cc1F. The van der Waals surface area contributed by atoms with Crippen molar-refractivity contribution in [2.45, 2.75) is 12.8 Å². The number of ether oxygens (including phenoxy) is 2. The molecule has 0 spiro atoms. The number of aryl methyl sites for hydroxylation is 1. The third-order valence-electron chi connectivity index (χ3n) is 2.21. The summed E-state index contributed by atoms with van der Waals surface area (Å²) in [6, 6.07) is 2.99. The molecule has 0 aliphatic heterocycles. The Hall–Kier alpha value is -1.29. The molecule has 0 aliphatic carbocycles. The van der Waals surface area contributed by atoms with Crippen LogP contribution in [0.4, 0.5) is 4.39 Å². The molecule has 84 valence electrons. The minimum atomic E-state index is -0.370. The van der Waals surface area contributed by atoms with E-state index in [-0.39, 0.29) is 11.6 Å². The largest absolute Gasteiger partial charge is 0.496 e. The molecule has 1 aromatic rings. The van der Waals surface area contributed by atoms with Crippen molar-refractivity contribution < 1.29 is 13.9 Å². The van der Waals surface area contributed by atoms with Gasteiger partial charge in [-0.15, -0.1) is 0 Å². The second-order valence-electron chi connectivity index (χ2n) is 3.19. The highest BCUT2D eigenvalue weighted by atomic mass is 19.1. The van der Waals surface area contributed by atoms with Crippen LogP contribution >= 0.6 is 0 Å². The molecule has 1 aromatic carbocycles. The summed E-state index contributed by atoms with van der Waals surface area (Å²) in [7, 11) is 2.98. The van der Waals surface area contributed by atoms with E-state index in [2.05, 4.69) is 0 Å². The molecule has 0 unspecified atom stereocenters. The Bertz CT molecular complexity index is 329. The smallest absolute Gasteiger partial charge is 0.165 e. The van der Waals surface area contributed by atoms with Crippen LogP contribution in [0, 0.1) is 5.82 Å². The lowest BCUT2D eigenvalue weighted by molar-refractivity contribution is 0.371. The quantitative estimate of drug-likeness (QED) is 0.810. The number of halogens is 1. The first kappa shape index (κ1) is 11.8. The highest BCUT2D eigenvalue weighted by molar-refractivity contribution is 5.41. The number of methoxy groups -OCH3 is 2. The van der Waals surface area contributed by atoms with Gasteiger partial charge in [-0.2, -0.15) is 0 Å². The number of hydrogen-bond acceptors (Lipinski definition) is 3. The summed E-state index contributed by atoms with van der Waals surface area (Å²) in [4.78, 5) is 0. The van der Waals surface area contributed by atoms with E-state index in [0.29, 0.717) is 18.7 Å². The van der Waals surface area contributed by atoms with Crippen molar-refractivity contribution in [1.82, 2.24) is 0 Å². The van der Waals surface area contributed by atoms with Gasteiger partial charge in [0.25, 0.3) is 0 Å². The van der Waals surface area contributed by atoms with Crippen molar-refractivity contribution in [2.24, 2.45) is 5.73 Å². The lowest BCUT2D eigenvalue weighted by Crippen LogP contribution is -2.02. The van der Waals surface area contributed by atoms with Gasteiger partial charge < -0.3 is 15.2 Å². The minimum absolute atomic E-state index is 0.198. The third-order valence-corrected chi connectivity index (χ3v) is 2.21. The van der Waals surface area contributed by atoms with E-state index in [9.17, 15) is 4.39 Å². The molecule has 0 bridgehead atoms. The van der Waals surface area contributed by atoms with Crippen LogP contribution < -0.4 is 15.2 Å². The van der Waals surface area contributed by atoms with Crippen LogP contribution in [0.15, 0.2) is 12.1 Å². The van der Waals surface area contributed by atoms with Crippen LogP contribution in [0.2, 0.25) is 0 Å². The Morgan fingerprint density at radius 1 is 1.20 bits per heavy atom. The van der Waals surface area contributed by atoms with Crippen LogP contribution in [0.1, 0.15) is 12.0 Å². The van der Waals surface area contributed by atoms with Crippen molar-refractivity contribution in [3.8, 4) is 11.5 Å². The van der Waals surface area contributed by atoms with Crippen molar-refractivity contribution in [3.63, 3.8) is 0 Å². The van der Waals surface area contributed by atoms with Gasteiger partial charge in [0.05, 0.1) is 14.2 Å². The van der Waals surface area contributed by atoms with E-state index in [1.807, 2.05) is 0 Å². The number of hydrogen-bond donors (Lipinski definition) is 1. The summed E-state index contributed by atoms with van der Waals surface area (Å²) >= 11 is 0. The predicted molar refractivity (Wildman–Crippen MR) is 56.9 cm³/mol. The molecular formula is C11H16FNO2. The standard InChI is InChI=1S/C11H16FNO2/c1-14-10-7-11(15-2)9(12)6-8(10)4-3-5-13/h6-7H,3-5,13H2,1-2H3. The molecule has 0 amide bonds. The summed E-state index contributed by atoms with van der Waals surface area (Å²) in [5.41, 5.74) is 6.22. The molecule has 0 atom stereocenters. The molecule has 2 N–H and O–H groups in total. The first-order chi connectivity index (χ1) is 7.22. The summed E-state index contributed by atoms with van der Waals surface area (Å²) in [6.07, 6.45) is 1.52. The van der Waals surface area contributed by atoms with Crippen LogP contribution in [0.3, 0.4) is 0 Å². The molecule has 0 aromatic heterocycles. The second-order valence-corrected chi connectivity index (χ2v) is 3.19. The Morgan fingerprint density at radius 3 is 2.40 bits per heavy atom. The zero-order valence-corrected chi connectivity index (χ0v) is 9.05. The van der Waals surface area contributed by atoms with Gasteiger partial charge in [-0.3, -0.25) is 0 Å². The first-order valence-electron chi connectivity index (χ1n) is 4.83. The number of benzene rings is 1. The second kappa shape index (κ2) is 5.56. The predicted octanol–water partition coefficient (Wildman–Crippen LogP) is 1.73. The first-order valence-corrected chi connectivity index (χ1v) is 4.83. The van der Waals surface area contributed by atoms with E-state index in [0.717, 1.165) is 12.0 Å². The zero-order chi connectivity index (χ0) is 11.3. The molecule has 0 saturated carbocycles. The maximum Gasteiger partial charge on any atom is 0.165 e. The average Bonchev–Trinajstić information content (AvgIpc) is 2.26. The van der Waals surface area contributed by atoms with Crippen LogP contribution in [-0.4, -0.2) is 20.8 Å². The van der Waals surface area contributed by atoms with Crippen LogP contribution in [0.25, 0.3) is 0 Å². The highest BCUT2D eigenvalue weighted by Crippen LogP contribution is 2.28. The fourth-order valence-electron chi connectivity index (χ4n) is 1.41. The van der Waals surface area contributed by atoms with Gasteiger partial charge in [0.2, 0.25) is 0 Å². The van der Waals surface area contributed by atoms with Gasteiger partial charge in [0, 0.05) is 6.07 Å². The summed E-state index contributed by atoms with van der Waals surface area (Å²) in [6.45, 7) is 0.580. The highest BCUT2D eigenvalue weighted by Gasteiger charge is 2.10. The fraction of sp³-hybridized carbons (Fsp3) is 0.455. The normalized spacial score (nSPS) is 10.1. The van der Waals surface area contributed by atoms with Crippen molar-refractivity contribution >= 4 is 0 Å². The maximum absolute atomic E-state index is 13.4. The molecule has 0 aliphatic rings. The zero-order valence-electron chi connectivity index (χ0n) is 9.05. The molecule has 0 heterocycles. The Labute approximate surface area is 89.0 Å². The Morgan fingerprint density at radius 2 is 1.87 bits per heavy atom. The van der Waals surface area contributed by atoms with Gasteiger partial charge in [-0.25, -0.2) is 4.39 Å². The van der Waals surface area contributed by atoms with Gasteiger partial charge in [-0.1, -0.05) is 0 Å². The van der Waals surface area contributed by atoms with Crippen molar-refractivity contribution in [3.05, 3.63) is 23.5 Å².